The van der Waals surface area contributed by atoms with E-state index in [1.165, 1.54) is 0 Å². The molecule has 0 aliphatic rings. The number of hydrogen-bond donors (Lipinski definition) is 0. The lowest BCUT2D eigenvalue weighted by molar-refractivity contribution is 0.0396. The fourth-order valence-corrected chi connectivity index (χ4v) is 7.31. The van der Waals surface area contributed by atoms with Crippen molar-refractivity contribution in [2.24, 2.45) is 0 Å². The second kappa shape index (κ2) is 13.0. The number of halogens is 6. The van der Waals surface area contributed by atoms with Crippen molar-refractivity contribution in [2.75, 3.05) is 0 Å². The van der Waals surface area contributed by atoms with Crippen LogP contribution in [-0.2, 0) is 18.1 Å². The van der Waals surface area contributed by atoms with Crippen molar-refractivity contribution in [1.82, 2.24) is 0 Å². The molecule has 3 aromatic carbocycles. The molecule has 0 aromatic heterocycles. The van der Waals surface area contributed by atoms with Crippen LogP contribution in [0.4, 0.5) is 0 Å². The van der Waals surface area contributed by atoms with Gasteiger partial charge in [0.2, 0.25) is 13.6 Å². The summed E-state index contributed by atoms with van der Waals surface area (Å²) in [7, 11) is -4.90. The van der Waals surface area contributed by atoms with Crippen molar-refractivity contribution in [2.45, 2.75) is 52.1 Å². The molecule has 0 fully saturated rings. The van der Waals surface area contributed by atoms with Gasteiger partial charge in [0.25, 0.3) is 0 Å². The maximum Gasteiger partial charge on any atom is 0.482 e. The van der Waals surface area contributed by atoms with Gasteiger partial charge in [0.15, 0.2) is 0 Å². The van der Waals surface area contributed by atoms with Gasteiger partial charge >= 0.3 is 7.82 Å². The van der Waals surface area contributed by atoms with E-state index in [-0.39, 0.29) is 0 Å². The van der Waals surface area contributed by atoms with E-state index >= 15 is 0 Å². The lowest BCUT2D eigenvalue weighted by atomic mass is 10.0. The van der Waals surface area contributed by atoms with Crippen molar-refractivity contribution in [3.63, 3.8) is 0 Å². The quantitative estimate of drug-likeness (QED) is 0.143. The second-order valence-corrected chi connectivity index (χ2v) is 14.2. The van der Waals surface area contributed by atoms with Crippen LogP contribution in [-0.4, -0.2) is 13.6 Å². The van der Waals surface area contributed by atoms with Gasteiger partial charge in [-0.3, -0.25) is 0 Å². The Morgan fingerprint density at radius 3 is 0.921 bits per heavy atom. The number of alkyl halides is 6. The Morgan fingerprint density at radius 2 is 0.711 bits per heavy atom. The minimum absolute atomic E-state index is 0.699. The molecular weight excluding hydrogens is 632 g/mol. The molecule has 11 heteroatoms. The fraction of sp³-hybridized carbons (Fsp3) is 0.333. The van der Waals surface area contributed by atoms with E-state index in [0.29, 0.717) is 16.7 Å². The predicted molar refractivity (Wildman–Crippen MR) is 159 cm³/mol. The average Bonchev–Trinajstić information content (AvgIpc) is 2.87. The molecule has 3 aromatic rings. The van der Waals surface area contributed by atoms with Crippen molar-refractivity contribution >= 4 is 77.4 Å². The molecule has 0 N–H and O–H groups in total. The van der Waals surface area contributed by atoms with Crippen LogP contribution in [0.15, 0.2) is 91.0 Å². The number of benzene rings is 3. The third kappa shape index (κ3) is 8.27. The molecular formula is C27H27Cl6O4P. The molecule has 0 amide bonds. The van der Waals surface area contributed by atoms with Gasteiger partial charge in [0.05, 0.1) is 0 Å². The van der Waals surface area contributed by atoms with Crippen molar-refractivity contribution in [3.8, 4) is 0 Å². The molecule has 0 spiro atoms. The largest absolute Gasteiger partial charge is 0.482 e. The Labute approximate surface area is 254 Å². The second-order valence-electron chi connectivity index (χ2n) is 8.80. The fourth-order valence-electron chi connectivity index (χ4n) is 3.55. The highest BCUT2D eigenvalue weighted by molar-refractivity contribution is 7.49. The van der Waals surface area contributed by atoms with Crippen molar-refractivity contribution in [3.05, 3.63) is 108 Å². The Morgan fingerprint density at radius 1 is 0.500 bits per heavy atom. The smallest absolute Gasteiger partial charge is 0.249 e. The first-order valence-corrected chi connectivity index (χ1v) is 15.4. The van der Waals surface area contributed by atoms with E-state index in [1.807, 2.05) is 18.2 Å². The van der Waals surface area contributed by atoms with E-state index in [1.54, 1.807) is 93.6 Å². The Hall–Kier alpha value is -0.490. The predicted octanol–water partition coefficient (Wildman–Crippen LogP) is 10.9. The maximum absolute atomic E-state index is 14.3. The van der Waals surface area contributed by atoms with E-state index < -0.39 is 39.1 Å². The molecule has 0 bridgehead atoms. The topological polar surface area (TPSA) is 44.8 Å². The van der Waals surface area contributed by atoms with Crippen LogP contribution in [0.3, 0.4) is 0 Å². The Kier molecular flexibility index (Phi) is 11.0. The molecule has 0 aliphatic carbocycles. The number of rotatable bonds is 12. The third-order valence-corrected chi connectivity index (χ3v) is 10.7. The third-order valence-electron chi connectivity index (χ3n) is 6.11. The zero-order valence-corrected chi connectivity index (χ0v) is 26.2. The Bertz CT molecular complexity index is 1060. The average molecular weight is 659 g/mol. The number of phosphoric ester groups is 1. The molecule has 3 unspecified atom stereocenters. The highest BCUT2D eigenvalue weighted by atomic mass is 35.5. The molecule has 0 heterocycles. The molecule has 4 nitrogen and oxygen atoms in total. The highest BCUT2D eigenvalue weighted by Gasteiger charge is 2.53. The van der Waals surface area contributed by atoms with E-state index in [4.69, 9.17) is 83.2 Å². The van der Waals surface area contributed by atoms with Gasteiger partial charge in [-0.05, 0) is 16.7 Å². The van der Waals surface area contributed by atoms with Gasteiger partial charge in [0.1, 0.15) is 0 Å². The standard InChI is InChI=1S/C27H27Cl6O4P/c1-19(22-13-7-4-8-14-22)25(28,29)35-38(34,36-26(30,31)20(2)23-15-9-5-10-16-23)37-27(32,33)21(3)24-17-11-6-12-18-24/h4-21H,1-3H3. The summed E-state index contributed by atoms with van der Waals surface area (Å²) in [5, 5.41) is 0. The zero-order valence-electron chi connectivity index (χ0n) is 20.7. The normalized spacial score (nSPS) is 16.9. The lowest BCUT2D eigenvalue weighted by Gasteiger charge is -2.37. The summed E-state index contributed by atoms with van der Waals surface area (Å²) < 4.78 is 25.0. The van der Waals surface area contributed by atoms with Crippen LogP contribution in [0.2, 0.25) is 0 Å². The van der Waals surface area contributed by atoms with E-state index in [2.05, 4.69) is 0 Å². The summed E-state index contributed by atoms with van der Waals surface area (Å²) in [6.07, 6.45) is 0. The molecule has 206 valence electrons. The van der Waals surface area contributed by atoms with Gasteiger partial charge in [-0.15, -0.1) is 0 Å². The minimum atomic E-state index is -4.90. The summed E-state index contributed by atoms with van der Waals surface area (Å²) in [6.45, 7) is 5.05. The summed E-state index contributed by atoms with van der Waals surface area (Å²) in [5.74, 6) is -2.11. The number of phosphoric acid groups is 1. The van der Waals surface area contributed by atoms with E-state index in [9.17, 15) is 4.57 Å². The molecule has 0 radical (unpaired) electrons. The van der Waals surface area contributed by atoms with Gasteiger partial charge < -0.3 is 0 Å². The first-order chi connectivity index (χ1) is 17.7. The molecule has 0 saturated carbocycles. The number of hydrogen-bond acceptors (Lipinski definition) is 4. The van der Waals surface area contributed by atoms with Crippen molar-refractivity contribution < 1.29 is 18.1 Å². The Balaban J connectivity index is 1.97. The van der Waals surface area contributed by atoms with Gasteiger partial charge in [-0.2, -0.15) is 0 Å². The van der Waals surface area contributed by atoms with Gasteiger partial charge in [0, 0.05) is 17.8 Å². The summed E-state index contributed by atoms with van der Waals surface area (Å²) >= 11 is 39.6. The molecule has 0 aliphatic heterocycles. The van der Waals surface area contributed by atoms with Gasteiger partial charge in [-0.25, -0.2) is 18.1 Å². The lowest BCUT2D eigenvalue weighted by Crippen LogP contribution is -2.33. The summed E-state index contributed by atoms with van der Waals surface area (Å²) in [6, 6.07) is 27.0. The summed E-state index contributed by atoms with van der Waals surface area (Å²) in [5.41, 5.74) is 2.10. The molecule has 3 atom stereocenters. The van der Waals surface area contributed by atoms with E-state index in [0.717, 1.165) is 0 Å². The van der Waals surface area contributed by atoms with Crippen molar-refractivity contribution in [1.29, 1.82) is 0 Å². The molecule has 38 heavy (non-hydrogen) atoms. The van der Waals surface area contributed by atoms with Gasteiger partial charge in [-0.1, -0.05) is 181 Å². The first-order valence-electron chi connectivity index (χ1n) is 11.7. The SMILES string of the molecule is CC(c1ccccc1)C(Cl)(Cl)OP(=O)(OC(Cl)(Cl)C(C)c1ccccc1)OC(Cl)(Cl)C(C)c1ccccc1. The van der Waals surface area contributed by atoms with Crippen LogP contribution >= 0.6 is 77.4 Å². The molecule has 3 rings (SSSR count). The van der Waals surface area contributed by atoms with Crippen LogP contribution in [0.25, 0.3) is 0 Å². The highest BCUT2D eigenvalue weighted by Crippen LogP contribution is 2.66. The van der Waals surface area contributed by atoms with Crippen LogP contribution < -0.4 is 0 Å². The van der Waals surface area contributed by atoms with Crippen LogP contribution in [0, 0.1) is 0 Å². The van der Waals surface area contributed by atoms with Crippen LogP contribution in [0.5, 0.6) is 0 Å². The molecule has 0 saturated heterocycles. The zero-order chi connectivity index (χ0) is 28.2. The summed E-state index contributed by atoms with van der Waals surface area (Å²) in [4.78, 5) is 0. The first kappa shape index (κ1) is 32.0. The maximum atomic E-state index is 14.3. The van der Waals surface area contributed by atoms with Crippen LogP contribution in [0.1, 0.15) is 55.2 Å². The minimum Gasteiger partial charge on any atom is -0.249 e. The monoisotopic (exact) mass is 656 g/mol.